The van der Waals surface area contributed by atoms with E-state index < -0.39 is 0 Å². The number of thiophene rings is 1. The van der Waals surface area contributed by atoms with Crippen LogP contribution in [0.5, 0.6) is 0 Å². The van der Waals surface area contributed by atoms with Crippen LogP contribution in [0.1, 0.15) is 10.4 Å². The van der Waals surface area contributed by atoms with Crippen molar-refractivity contribution in [3.63, 3.8) is 0 Å². The number of benzene rings is 1. The average molecular weight is 389 g/mol. The summed E-state index contributed by atoms with van der Waals surface area (Å²) in [5.41, 5.74) is 1.35. The Morgan fingerprint density at radius 2 is 2.00 bits per heavy atom. The predicted molar refractivity (Wildman–Crippen MR) is 86.4 cm³/mol. The molecule has 0 fully saturated rings. The van der Waals surface area contributed by atoms with Crippen molar-refractivity contribution in [3.05, 3.63) is 55.1 Å². The van der Waals surface area contributed by atoms with E-state index in [4.69, 9.17) is 0 Å². The summed E-state index contributed by atoms with van der Waals surface area (Å²) in [4.78, 5) is 1.41. The fourth-order valence-electron chi connectivity index (χ4n) is 1.91. The molecule has 1 heterocycles. The zero-order valence-electron chi connectivity index (χ0n) is 10.1. The molecule has 1 nitrogen and oxygen atoms in total. The smallest absolute Gasteiger partial charge is 0.0285 e. The van der Waals surface area contributed by atoms with E-state index in [0.717, 1.165) is 12.8 Å². The van der Waals surface area contributed by atoms with Gasteiger partial charge in [-0.05, 0) is 53.5 Å². The van der Waals surface area contributed by atoms with Crippen molar-refractivity contribution in [1.82, 2.24) is 5.32 Å². The van der Waals surface area contributed by atoms with Gasteiger partial charge in [0.2, 0.25) is 0 Å². The molecular formula is C14H15Br2NS. The lowest BCUT2D eigenvalue weighted by atomic mass is 10.0. The minimum atomic E-state index is 0.467. The Labute approximate surface area is 129 Å². The van der Waals surface area contributed by atoms with Gasteiger partial charge >= 0.3 is 0 Å². The van der Waals surface area contributed by atoms with E-state index in [1.165, 1.54) is 19.4 Å². The van der Waals surface area contributed by atoms with Crippen molar-refractivity contribution in [2.45, 2.75) is 18.9 Å². The van der Waals surface area contributed by atoms with E-state index in [9.17, 15) is 0 Å². The predicted octanol–water partition coefficient (Wildman–Crippen LogP) is 4.65. The largest absolute Gasteiger partial charge is 0.316 e. The molecule has 0 bridgehead atoms. The van der Waals surface area contributed by atoms with Gasteiger partial charge in [0.25, 0.3) is 0 Å². The Morgan fingerprint density at radius 3 is 2.61 bits per heavy atom. The number of halogens is 2. The zero-order valence-corrected chi connectivity index (χ0v) is 14.1. The molecule has 96 valence electrons. The fraction of sp³-hybridized carbons (Fsp3) is 0.286. The van der Waals surface area contributed by atoms with Crippen molar-refractivity contribution in [1.29, 1.82) is 0 Å². The number of rotatable bonds is 5. The molecule has 0 aliphatic heterocycles. The first-order valence-electron chi connectivity index (χ1n) is 5.82. The summed E-state index contributed by atoms with van der Waals surface area (Å²) >= 11 is 8.93. The quantitative estimate of drug-likeness (QED) is 0.786. The molecule has 1 atom stereocenters. The van der Waals surface area contributed by atoms with Gasteiger partial charge in [-0.2, -0.15) is 0 Å². The molecule has 1 aromatic heterocycles. The molecule has 4 heteroatoms. The summed E-state index contributed by atoms with van der Waals surface area (Å²) in [5.74, 6) is 0. The van der Waals surface area contributed by atoms with Crippen molar-refractivity contribution >= 4 is 43.2 Å². The maximum Gasteiger partial charge on any atom is 0.0285 e. The minimum Gasteiger partial charge on any atom is -0.316 e. The van der Waals surface area contributed by atoms with E-state index in [1.54, 1.807) is 0 Å². The van der Waals surface area contributed by atoms with Crippen LogP contribution < -0.4 is 5.32 Å². The van der Waals surface area contributed by atoms with Gasteiger partial charge in [0, 0.05) is 25.2 Å². The number of hydrogen-bond donors (Lipinski definition) is 1. The molecule has 0 saturated heterocycles. The first-order valence-corrected chi connectivity index (χ1v) is 8.29. The summed E-state index contributed by atoms with van der Waals surface area (Å²) in [6.07, 6.45) is 2.10. The molecule has 1 aromatic carbocycles. The summed E-state index contributed by atoms with van der Waals surface area (Å²) in [6, 6.07) is 11.1. The summed E-state index contributed by atoms with van der Waals surface area (Å²) in [7, 11) is 2.03. The molecule has 0 radical (unpaired) electrons. The summed E-state index contributed by atoms with van der Waals surface area (Å²) < 4.78 is 2.37. The maximum absolute atomic E-state index is 3.61. The Bertz CT molecular complexity index is 510. The van der Waals surface area contributed by atoms with Crippen LogP contribution in [0.2, 0.25) is 0 Å². The molecule has 0 aliphatic carbocycles. The Kier molecular flexibility index (Phi) is 5.42. The highest BCUT2D eigenvalue weighted by Crippen LogP contribution is 2.23. The average Bonchev–Trinajstić information content (AvgIpc) is 2.76. The number of hydrogen-bond acceptors (Lipinski definition) is 2. The second-order valence-electron chi connectivity index (χ2n) is 4.22. The first kappa shape index (κ1) is 14.3. The Balaban J connectivity index is 2.04. The summed E-state index contributed by atoms with van der Waals surface area (Å²) in [5, 5.41) is 5.55. The topological polar surface area (TPSA) is 12.0 Å². The van der Waals surface area contributed by atoms with Crippen LogP contribution in [0, 0.1) is 0 Å². The lowest BCUT2D eigenvalue weighted by molar-refractivity contribution is 0.559. The van der Waals surface area contributed by atoms with Crippen molar-refractivity contribution in [3.8, 4) is 0 Å². The van der Waals surface area contributed by atoms with E-state index in [0.29, 0.717) is 6.04 Å². The number of nitrogens with one attached hydrogen (secondary N) is 1. The third-order valence-electron chi connectivity index (χ3n) is 2.90. The van der Waals surface area contributed by atoms with Gasteiger partial charge in [-0.15, -0.1) is 11.3 Å². The fourth-order valence-corrected chi connectivity index (χ4v) is 3.89. The summed E-state index contributed by atoms with van der Waals surface area (Å²) in [6.45, 7) is 0. The Hall–Kier alpha value is -0.160. The van der Waals surface area contributed by atoms with Crippen LogP contribution >= 0.6 is 43.2 Å². The molecule has 0 spiro atoms. The van der Waals surface area contributed by atoms with Crippen LogP contribution in [0.15, 0.2) is 44.7 Å². The normalized spacial score (nSPS) is 12.6. The second-order valence-corrected chi connectivity index (χ2v) is 6.98. The van der Waals surface area contributed by atoms with Crippen LogP contribution in [0.3, 0.4) is 0 Å². The molecular weight excluding hydrogens is 374 g/mol. The van der Waals surface area contributed by atoms with Gasteiger partial charge < -0.3 is 5.32 Å². The van der Waals surface area contributed by atoms with E-state index in [1.807, 2.05) is 18.4 Å². The minimum absolute atomic E-state index is 0.467. The van der Waals surface area contributed by atoms with Crippen LogP contribution in [-0.4, -0.2) is 13.1 Å². The van der Waals surface area contributed by atoms with Gasteiger partial charge in [-0.1, -0.05) is 34.1 Å². The molecule has 2 aromatic rings. The van der Waals surface area contributed by atoms with Gasteiger partial charge in [0.1, 0.15) is 0 Å². The van der Waals surface area contributed by atoms with Crippen LogP contribution in [-0.2, 0) is 12.8 Å². The lowest BCUT2D eigenvalue weighted by Crippen LogP contribution is -2.29. The molecule has 0 saturated carbocycles. The standard InChI is InChI=1S/C14H15Br2NS/c1-17-12(8-13-7-11(15)9-18-13)6-10-4-2-3-5-14(10)16/h2-5,7,9,12,17H,6,8H2,1H3. The molecule has 1 unspecified atom stereocenters. The van der Waals surface area contributed by atoms with E-state index >= 15 is 0 Å². The van der Waals surface area contributed by atoms with E-state index in [2.05, 4.69) is 72.9 Å². The van der Waals surface area contributed by atoms with Gasteiger partial charge in [-0.3, -0.25) is 0 Å². The lowest BCUT2D eigenvalue weighted by Gasteiger charge is -2.16. The van der Waals surface area contributed by atoms with E-state index in [-0.39, 0.29) is 0 Å². The maximum atomic E-state index is 3.61. The van der Waals surface area contributed by atoms with Crippen molar-refractivity contribution in [2.24, 2.45) is 0 Å². The second kappa shape index (κ2) is 6.85. The van der Waals surface area contributed by atoms with Crippen LogP contribution in [0.25, 0.3) is 0 Å². The molecule has 1 N–H and O–H groups in total. The number of likely N-dealkylation sites (N-methyl/N-ethyl adjacent to an activating group) is 1. The Morgan fingerprint density at radius 1 is 1.22 bits per heavy atom. The third kappa shape index (κ3) is 3.92. The zero-order chi connectivity index (χ0) is 13.0. The van der Waals surface area contributed by atoms with Crippen LogP contribution in [0.4, 0.5) is 0 Å². The highest BCUT2D eigenvalue weighted by molar-refractivity contribution is 9.10. The SMILES string of the molecule is CNC(Cc1cc(Br)cs1)Cc1ccccc1Br. The monoisotopic (exact) mass is 387 g/mol. The van der Waals surface area contributed by atoms with Crippen molar-refractivity contribution in [2.75, 3.05) is 7.05 Å². The van der Waals surface area contributed by atoms with Crippen molar-refractivity contribution < 1.29 is 0 Å². The third-order valence-corrected chi connectivity index (χ3v) is 5.40. The molecule has 18 heavy (non-hydrogen) atoms. The highest BCUT2D eigenvalue weighted by atomic mass is 79.9. The molecule has 2 rings (SSSR count). The van der Waals surface area contributed by atoms with Gasteiger partial charge in [0.15, 0.2) is 0 Å². The highest BCUT2D eigenvalue weighted by Gasteiger charge is 2.11. The molecule has 0 amide bonds. The van der Waals surface area contributed by atoms with Gasteiger partial charge in [-0.25, -0.2) is 0 Å². The molecule has 0 aliphatic rings. The first-order chi connectivity index (χ1) is 8.69. The van der Waals surface area contributed by atoms with Gasteiger partial charge in [0.05, 0.1) is 0 Å².